The predicted molar refractivity (Wildman–Crippen MR) is 82.9 cm³/mol. The van der Waals surface area contributed by atoms with Crippen molar-refractivity contribution in [3.63, 3.8) is 0 Å². The van der Waals surface area contributed by atoms with Gasteiger partial charge in [0.2, 0.25) is 0 Å². The van der Waals surface area contributed by atoms with Crippen LogP contribution in [0, 0.1) is 6.92 Å². The normalized spacial score (nSPS) is 10.7. The highest BCUT2D eigenvalue weighted by Gasteiger charge is 2.36. The molecule has 0 aliphatic rings. The molecule has 0 aliphatic carbocycles. The molecule has 8 heteroatoms. The number of ether oxygens (including phenoxy) is 2. The summed E-state index contributed by atoms with van der Waals surface area (Å²) in [5.74, 6) is -3.17. The largest absolute Gasteiger partial charge is 0.468 e. The van der Waals surface area contributed by atoms with Gasteiger partial charge in [-0.05, 0) is 31.2 Å². The maximum absolute atomic E-state index is 12.6. The molecule has 0 bridgehead atoms. The molecule has 0 fully saturated rings. The third-order valence-corrected chi connectivity index (χ3v) is 3.62. The van der Waals surface area contributed by atoms with Crippen molar-refractivity contribution in [1.82, 2.24) is 9.78 Å². The molecule has 1 heterocycles. The number of carbonyl (C=O) groups is 2. The van der Waals surface area contributed by atoms with E-state index in [0.717, 1.165) is 14.2 Å². The fourth-order valence-corrected chi connectivity index (χ4v) is 2.37. The molecule has 1 aromatic heterocycles. The standard InChI is InChI=1S/C15H15ClN2O5/c1-8-11(12(14(20)22-2)15(21)23-3)13(19)18(17-8)10-6-4-9(16)5-7-10/h4-7,12,17H,1-3H3. The van der Waals surface area contributed by atoms with E-state index in [1.807, 2.05) is 0 Å². The smallest absolute Gasteiger partial charge is 0.324 e. The minimum Gasteiger partial charge on any atom is -0.468 e. The molecule has 0 saturated carbocycles. The first-order chi connectivity index (χ1) is 10.9. The zero-order valence-corrected chi connectivity index (χ0v) is 13.5. The molecule has 0 amide bonds. The highest BCUT2D eigenvalue weighted by Crippen LogP contribution is 2.20. The molecule has 0 saturated heterocycles. The number of hydrogen-bond acceptors (Lipinski definition) is 5. The van der Waals surface area contributed by atoms with Crippen LogP contribution in [0.15, 0.2) is 29.1 Å². The lowest BCUT2D eigenvalue weighted by molar-refractivity contribution is -0.154. The van der Waals surface area contributed by atoms with Crippen LogP contribution in [0.4, 0.5) is 0 Å². The Morgan fingerprint density at radius 2 is 1.65 bits per heavy atom. The van der Waals surface area contributed by atoms with Crippen LogP contribution >= 0.6 is 11.6 Å². The van der Waals surface area contributed by atoms with Gasteiger partial charge in [-0.3, -0.25) is 19.5 Å². The molecule has 23 heavy (non-hydrogen) atoms. The highest BCUT2D eigenvalue weighted by molar-refractivity contribution is 6.30. The van der Waals surface area contributed by atoms with Gasteiger partial charge in [-0.2, -0.15) is 0 Å². The molecule has 7 nitrogen and oxygen atoms in total. The van der Waals surface area contributed by atoms with Gasteiger partial charge in [-0.1, -0.05) is 11.6 Å². The third-order valence-electron chi connectivity index (χ3n) is 3.36. The number of aryl methyl sites for hydroxylation is 1. The zero-order chi connectivity index (χ0) is 17.1. The predicted octanol–water partition coefficient (Wildman–Crippen LogP) is 1.56. The summed E-state index contributed by atoms with van der Waals surface area (Å²) in [4.78, 5) is 36.5. The molecule has 2 aromatic rings. The summed E-state index contributed by atoms with van der Waals surface area (Å²) < 4.78 is 10.4. The number of benzene rings is 1. The van der Waals surface area contributed by atoms with Gasteiger partial charge < -0.3 is 9.47 Å². The van der Waals surface area contributed by atoms with Gasteiger partial charge in [0.05, 0.1) is 25.5 Å². The van der Waals surface area contributed by atoms with E-state index in [-0.39, 0.29) is 5.56 Å². The average Bonchev–Trinajstić information content (AvgIpc) is 2.83. The first-order valence-electron chi connectivity index (χ1n) is 6.63. The summed E-state index contributed by atoms with van der Waals surface area (Å²) in [6.07, 6.45) is 0. The first-order valence-corrected chi connectivity index (χ1v) is 7.01. The molecule has 2 rings (SSSR count). The number of hydrogen-bond donors (Lipinski definition) is 1. The number of halogens is 1. The van der Waals surface area contributed by atoms with Gasteiger partial charge >= 0.3 is 11.9 Å². The van der Waals surface area contributed by atoms with Crippen LogP contribution in [0.3, 0.4) is 0 Å². The first kappa shape index (κ1) is 16.8. The van der Waals surface area contributed by atoms with Crippen LogP contribution in [0.25, 0.3) is 5.69 Å². The van der Waals surface area contributed by atoms with E-state index in [2.05, 4.69) is 14.6 Å². The summed E-state index contributed by atoms with van der Waals surface area (Å²) in [5, 5.41) is 3.35. The number of aromatic nitrogens is 2. The number of nitrogens with zero attached hydrogens (tertiary/aromatic N) is 1. The second-order valence-corrected chi connectivity index (χ2v) is 5.18. The Balaban J connectivity index is 2.60. The summed E-state index contributed by atoms with van der Waals surface area (Å²) in [6, 6.07) is 6.51. The molecule has 0 atom stereocenters. The van der Waals surface area contributed by atoms with Crippen molar-refractivity contribution < 1.29 is 19.1 Å². The van der Waals surface area contributed by atoms with Gasteiger partial charge in [0, 0.05) is 10.7 Å². The third kappa shape index (κ3) is 3.14. The van der Waals surface area contributed by atoms with Gasteiger partial charge in [0.15, 0.2) is 5.92 Å². The van der Waals surface area contributed by atoms with Crippen molar-refractivity contribution in [3.8, 4) is 5.69 Å². The number of rotatable bonds is 4. The van der Waals surface area contributed by atoms with Crippen molar-refractivity contribution in [2.45, 2.75) is 12.8 Å². The SMILES string of the molecule is COC(=O)C(C(=O)OC)c1c(C)[nH]n(-c2ccc(Cl)cc2)c1=O. The van der Waals surface area contributed by atoms with Crippen LogP contribution in [0.5, 0.6) is 0 Å². The summed E-state index contributed by atoms with van der Waals surface area (Å²) in [5.41, 5.74) is 0.331. The van der Waals surface area contributed by atoms with Gasteiger partial charge in [-0.25, -0.2) is 4.68 Å². The van der Waals surface area contributed by atoms with E-state index in [0.29, 0.717) is 16.4 Å². The highest BCUT2D eigenvalue weighted by atomic mass is 35.5. The Bertz CT molecular complexity index is 775. The van der Waals surface area contributed by atoms with Crippen LogP contribution in [0.1, 0.15) is 17.2 Å². The van der Waals surface area contributed by atoms with Crippen molar-refractivity contribution in [3.05, 3.63) is 50.9 Å². The lowest BCUT2D eigenvalue weighted by Gasteiger charge is -2.10. The van der Waals surface area contributed by atoms with Crippen molar-refractivity contribution in [1.29, 1.82) is 0 Å². The number of carbonyl (C=O) groups excluding carboxylic acids is 2. The minimum absolute atomic E-state index is 0.0151. The molecule has 0 unspecified atom stereocenters. The van der Waals surface area contributed by atoms with Crippen LogP contribution < -0.4 is 5.56 Å². The number of nitrogens with one attached hydrogen (secondary N) is 1. The molecule has 1 N–H and O–H groups in total. The Hall–Kier alpha value is -2.54. The molecule has 0 radical (unpaired) electrons. The minimum atomic E-state index is -1.44. The van der Waals surface area contributed by atoms with Gasteiger partial charge in [0.25, 0.3) is 5.56 Å². The summed E-state index contributed by atoms with van der Waals surface area (Å²) in [6.45, 7) is 1.59. The Kier molecular flexibility index (Phi) is 4.90. The summed E-state index contributed by atoms with van der Waals surface area (Å²) >= 11 is 5.83. The average molecular weight is 339 g/mol. The fourth-order valence-electron chi connectivity index (χ4n) is 2.24. The second kappa shape index (κ2) is 6.70. The van der Waals surface area contributed by atoms with E-state index in [4.69, 9.17) is 11.6 Å². The van der Waals surface area contributed by atoms with Crippen molar-refractivity contribution in [2.24, 2.45) is 0 Å². The number of esters is 2. The van der Waals surface area contributed by atoms with Crippen LogP contribution in [0.2, 0.25) is 5.02 Å². The van der Waals surface area contributed by atoms with E-state index < -0.39 is 23.4 Å². The maximum atomic E-state index is 12.6. The molecular formula is C15H15ClN2O5. The van der Waals surface area contributed by atoms with E-state index in [9.17, 15) is 14.4 Å². The maximum Gasteiger partial charge on any atom is 0.324 e. The molecule has 0 aliphatic heterocycles. The summed E-state index contributed by atoms with van der Waals surface area (Å²) in [7, 11) is 2.27. The monoisotopic (exact) mass is 338 g/mol. The van der Waals surface area contributed by atoms with Gasteiger partial charge in [0.1, 0.15) is 0 Å². The molecule has 0 spiro atoms. The molecule has 1 aromatic carbocycles. The van der Waals surface area contributed by atoms with Crippen molar-refractivity contribution >= 4 is 23.5 Å². The second-order valence-electron chi connectivity index (χ2n) is 4.75. The van der Waals surface area contributed by atoms with E-state index in [1.54, 1.807) is 31.2 Å². The number of H-pyrrole nitrogens is 1. The zero-order valence-electron chi connectivity index (χ0n) is 12.8. The Labute approximate surface area is 136 Å². The lowest BCUT2D eigenvalue weighted by Crippen LogP contribution is -2.30. The van der Waals surface area contributed by atoms with E-state index in [1.165, 1.54) is 4.68 Å². The van der Waals surface area contributed by atoms with Crippen LogP contribution in [-0.2, 0) is 19.1 Å². The van der Waals surface area contributed by atoms with Gasteiger partial charge in [-0.15, -0.1) is 0 Å². The fraction of sp³-hybridized carbons (Fsp3) is 0.267. The topological polar surface area (TPSA) is 90.4 Å². The Morgan fingerprint density at radius 3 is 2.13 bits per heavy atom. The molecular weight excluding hydrogens is 324 g/mol. The quantitative estimate of drug-likeness (QED) is 0.675. The number of methoxy groups -OCH3 is 2. The molecule has 122 valence electrons. The lowest BCUT2D eigenvalue weighted by atomic mass is 10.00. The van der Waals surface area contributed by atoms with Crippen LogP contribution in [-0.4, -0.2) is 35.9 Å². The van der Waals surface area contributed by atoms with Crippen molar-refractivity contribution in [2.75, 3.05) is 14.2 Å². The van der Waals surface area contributed by atoms with E-state index >= 15 is 0 Å². The number of aromatic amines is 1. The Morgan fingerprint density at radius 1 is 1.13 bits per heavy atom.